The summed E-state index contributed by atoms with van der Waals surface area (Å²) in [5.74, 6) is -0.0109. The van der Waals surface area contributed by atoms with E-state index in [1.807, 2.05) is 34.6 Å². The number of rotatable bonds is 6. The van der Waals surface area contributed by atoms with Crippen LogP contribution >= 0.6 is 0 Å². The predicted molar refractivity (Wildman–Crippen MR) is 86.2 cm³/mol. The highest BCUT2D eigenvalue weighted by Gasteiger charge is 2.37. The van der Waals surface area contributed by atoms with Crippen LogP contribution < -0.4 is 5.32 Å². The Morgan fingerprint density at radius 2 is 1.64 bits per heavy atom. The molecule has 1 heterocycles. The van der Waals surface area contributed by atoms with E-state index in [1.165, 1.54) is 6.92 Å². The van der Waals surface area contributed by atoms with Gasteiger partial charge in [-0.25, -0.2) is 0 Å². The zero-order valence-electron chi connectivity index (χ0n) is 14.7. The molecule has 1 rings (SSSR count). The molecule has 0 bridgehead atoms. The molecule has 3 atom stereocenters. The first-order chi connectivity index (χ1) is 10.2. The fourth-order valence-corrected chi connectivity index (χ4v) is 2.84. The van der Waals surface area contributed by atoms with Gasteiger partial charge in [0, 0.05) is 12.5 Å². The largest absolute Gasteiger partial charge is 0.344 e. The van der Waals surface area contributed by atoms with Crippen molar-refractivity contribution in [1.82, 2.24) is 10.2 Å². The number of amides is 2. The van der Waals surface area contributed by atoms with Gasteiger partial charge in [-0.15, -0.1) is 0 Å². The number of nitrogens with zero attached hydrogens (tertiary/aromatic N) is 1. The van der Waals surface area contributed by atoms with Crippen molar-refractivity contribution in [1.29, 1.82) is 0 Å². The maximum Gasteiger partial charge on any atom is 0.243 e. The topological polar surface area (TPSA) is 66.5 Å². The molecule has 0 saturated carbocycles. The molecule has 0 radical (unpaired) electrons. The van der Waals surface area contributed by atoms with Crippen LogP contribution in [0.15, 0.2) is 0 Å². The molecule has 0 unspecified atom stereocenters. The van der Waals surface area contributed by atoms with Gasteiger partial charge in [0.1, 0.15) is 6.04 Å². The van der Waals surface area contributed by atoms with Crippen LogP contribution in [-0.2, 0) is 14.4 Å². The Bertz CT molecular complexity index is 432. The molecule has 0 aromatic rings. The smallest absolute Gasteiger partial charge is 0.243 e. The van der Waals surface area contributed by atoms with Crippen molar-refractivity contribution in [2.75, 3.05) is 6.54 Å². The van der Waals surface area contributed by atoms with E-state index in [1.54, 1.807) is 4.90 Å². The second-order valence-electron chi connectivity index (χ2n) is 7.06. The number of Topliss-reactive ketones (excluding diaryl/α,β-unsaturated/α-hetero) is 1. The molecular formula is C17H30N2O3. The molecule has 0 aliphatic carbocycles. The monoisotopic (exact) mass is 310 g/mol. The first kappa shape index (κ1) is 18.7. The first-order valence-electron chi connectivity index (χ1n) is 8.28. The van der Waals surface area contributed by atoms with Crippen molar-refractivity contribution < 1.29 is 14.4 Å². The number of nitrogens with one attached hydrogen (secondary N) is 1. The van der Waals surface area contributed by atoms with Gasteiger partial charge in [-0.1, -0.05) is 34.6 Å². The molecule has 5 heteroatoms. The lowest BCUT2D eigenvalue weighted by Gasteiger charge is -2.30. The molecule has 0 aromatic heterocycles. The van der Waals surface area contributed by atoms with Crippen molar-refractivity contribution >= 4 is 17.6 Å². The van der Waals surface area contributed by atoms with Crippen molar-refractivity contribution in [3.05, 3.63) is 0 Å². The van der Waals surface area contributed by atoms with Crippen LogP contribution in [0.4, 0.5) is 0 Å². The summed E-state index contributed by atoms with van der Waals surface area (Å²) >= 11 is 0. The van der Waals surface area contributed by atoms with E-state index in [2.05, 4.69) is 5.32 Å². The number of hydrogen-bond acceptors (Lipinski definition) is 3. The van der Waals surface area contributed by atoms with E-state index in [9.17, 15) is 14.4 Å². The predicted octanol–water partition coefficient (Wildman–Crippen LogP) is 2.00. The fraction of sp³-hybridized carbons (Fsp3) is 0.824. The van der Waals surface area contributed by atoms with Gasteiger partial charge in [-0.3, -0.25) is 14.4 Å². The van der Waals surface area contributed by atoms with Crippen LogP contribution in [0.2, 0.25) is 0 Å². The molecule has 2 amide bonds. The van der Waals surface area contributed by atoms with Crippen LogP contribution in [0.5, 0.6) is 0 Å². The summed E-state index contributed by atoms with van der Waals surface area (Å²) in [5, 5.41) is 2.83. The lowest BCUT2D eigenvalue weighted by molar-refractivity contribution is -0.142. The molecule has 22 heavy (non-hydrogen) atoms. The van der Waals surface area contributed by atoms with Gasteiger partial charge >= 0.3 is 0 Å². The van der Waals surface area contributed by atoms with Gasteiger partial charge in [-0.05, 0) is 31.6 Å². The van der Waals surface area contributed by atoms with Crippen LogP contribution in [0.25, 0.3) is 0 Å². The number of hydrogen-bond donors (Lipinski definition) is 1. The summed E-state index contributed by atoms with van der Waals surface area (Å²) in [7, 11) is 0. The maximum absolute atomic E-state index is 12.5. The minimum atomic E-state index is -0.479. The van der Waals surface area contributed by atoms with Gasteiger partial charge in [0.05, 0.1) is 6.04 Å². The molecule has 1 aliphatic heterocycles. The average Bonchev–Trinajstić information content (AvgIpc) is 2.91. The highest BCUT2D eigenvalue weighted by Crippen LogP contribution is 2.23. The Labute approximate surface area is 133 Å². The summed E-state index contributed by atoms with van der Waals surface area (Å²) in [4.78, 5) is 38.4. The summed E-state index contributed by atoms with van der Waals surface area (Å²) in [6.45, 7) is 11.9. The number of ketones is 1. The second-order valence-corrected chi connectivity index (χ2v) is 7.06. The van der Waals surface area contributed by atoms with Gasteiger partial charge < -0.3 is 10.2 Å². The van der Waals surface area contributed by atoms with E-state index in [0.717, 1.165) is 6.42 Å². The van der Waals surface area contributed by atoms with Gasteiger partial charge in [0.15, 0.2) is 5.78 Å². The van der Waals surface area contributed by atoms with Crippen LogP contribution in [0.1, 0.15) is 54.4 Å². The fourth-order valence-electron chi connectivity index (χ4n) is 2.84. The number of likely N-dealkylation sites (tertiary alicyclic amines) is 1. The van der Waals surface area contributed by atoms with Gasteiger partial charge in [0.25, 0.3) is 0 Å². The molecule has 1 N–H and O–H groups in total. The molecule has 1 aliphatic rings. The summed E-state index contributed by atoms with van der Waals surface area (Å²) in [6, 6.07) is -0.915. The standard InChI is InChI=1S/C17H30N2O3/c1-10(2)12(5)17(22)19-9-7-8-14(19)16(21)18-15(11(3)4)13(6)20/h10-12,14-15H,7-9H2,1-6H3,(H,18,21)/t12-,14-,15-/m0/s1. The van der Waals surface area contributed by atoms with Crippen LogP contribution in [0, 0.1) is 17.8 Å². The Morgan fingerprint density at radius 1 is 1.05 bits per heavy atom. The third-order valence-corrected chi connectivity index (χ3v) is 4.63. The third-order valence-electron chi connectivity index (χ3n) is 4.63. The van der Waals surface area contributed by atoms with Gasteiger partial charge in [-0.2, -0.15) is 0 Å². The quantitative estimate of drug-likeness (QED) is 0.816. The Kier molecular flexibility index (Phi) is 6.57. The van der Waals surface area contributed by atoms with E-state index in [0.29, 0.717) is 13.0 Å². The Hall–Kier alpha value is -1.39. The average molecular weight is 310 g/mol. The molecule has 1 saturated heterocycles. The molecular weight excluding hydrogens is 280 g/mol. The minimum Gasteiger partial charge on any atom is -0.344 e. The highest BCUT2D eigenvalue weighted by molar-refractivity contribution is 5.92. The molecule has 0 spiro atoms. The third kappa shape index (κ3) is 4.31. The normalized spacial score (nSPS) is 21.1. The van der Waals surface area contributed by atoms with Crippen molar-refractivity contribution in [2.24, 2.45) is 17.8 Å². The van der Waals surface area contributed by atoms with Crippen LogP contribution in [0.3, 0.4) is 0 Å². The Morgan fingerprint density at radius 3 is 2.09 bits per heavy atom. The summed E-state index contributed by atoms with van der Waals surface area (Å²) in [6.07, 6.45) is 1.51. The number of carbonyl (C=O) groups is 3. The van der Waals surface area contributed by atoms with Gasteiger partial charge in [0.2, 0.25) is 11.8 Å². The lowest BCUT2D eigenvalue weighted by atomic mass is 9.96. The number of carbonyl (C=O) groups excluding carboxylic acids is 3. The van der Waals surface area contributed by atoms with Crippen LogP contribution in [-0.4, -0.2) is 41.1 Å². The van der Waals surface area contributed by atoms with Crippen molar-refractivity contribution in [2.45, 2.75) is 66.5 Å². The van der Waals surface area contributed by atoms with E-state index in [-0.39, 0.29) is 35.4 Å². The molecule has 1 fully saturated rings. The lowest BCUT2D eigenvalue weighted by Crippen LogP contribution is -2.53. The zero-order valence-corrected chi connectivity index (χ0v) is 14.7. The van der Waals surface area contributed by atoms with Crippen molar-refractivity contribution in [3.8, 4) is 0 Å². The highest BCUT2D eigenvalue weighted by atomic mass is 16.2. The summed E-state index contributed by atoms with van der Waals surface area (Å²) in [5.41, 5.74) is 0. The van der Waals surface area contributed by atoms with Crippen molar-refractivity contribution in [3.63, 3.8) is 0 Å². The zero-order chi connectivity index (χ0) is 17.0. The van der Waals surface area contributed by atoms with E-state index < -0.39 is 12.1 Å². The first-order valence-corrected chi connectivity index (χ1v) is 8.28. The maximum atomic E-state index is 12.5. The Balaban J connectivity index is 2.79. The minimum absolute atomic E-state index is 0.0385. The SMILES string of the molecule is CC(=O)[C@@H](NC(=O)[C@@H]1CCCN1C(=O)[C@@H](C)C(C)C)C(C)C. The second kappa shape index (κ2) is 7.75. The molecule has 5 nitrogen and oxygen atoms in total. The molecule has 0 aromatic carbocycles. The molecule has 126 valence electrons. The summed E-state index contributed by atoms with van der Waals surface area (Å²) < 4.78 is 0. The van der Waals surface area contributed by atoms with E-state index >= 15 is 0 Å². The van der Waals surface area contributed by atoms with E-state index in [4.69, 9.17) is 0 Å².